The minimum atomic E-state index is -4.88. The number of fused-ring (bicyclic) bond motifs is 1. The second-order valence-electron chi connectivity index (χ2n) is 8.78. The van der Waals surface area contributed by atoms with Gasteiger partial charge in [-0.3, -0.25) is 14.6 Å². The third-order valence-electron chi connectivity index (χ3n) is 6.34. The molecule has 0 spiro atoms. The summed E-state index contributed by atoms with van der Waals surface area (Å²) in [5.74, 6) is -4.52. The van der Waals surface area contributed by atoms with Crippen molar-refractivity contribution >= 4 is 17.5 Å². The van der Waals surface area contributed by atoms with Crippen LogP contribution in [0.3, 0.4) is 0 Å². The van der Waals surface area contributed by atoms with Gasteiger partial charge in [0.1, 0.15) is 22.9 Å². The van der Waals surface area contributed by atoms with Crippen LogP contribution in [0.5, 0.6) is 0 Å². The molecule has 0 unspecified atom stereocenters. The quantitative estimate of drug-likeness (QED) is 0.431. The third kappa shape index (κ3) is 4.40. The summed E-state index contributed by atoms with van der Waals surface area (Å²) < 4.78 is 58.6. The normalized spacial score (nSPS) is 21.0. The standard InChI is InChI=1S/C24H25F4N3O4/c1-3-8-23-9-5-10-31(23)30(13-15-6-4-7-16(25)12-15)22(34)18(19(23)32)21(33)29-17-11-14(2)35-20(17)24(26,27)28/h4,6-7,11-12,32H,3,5,8-10,13H2,1-2H3,(H,29,33)/t23-/m1/s1. The molecule has 0 aliphatic carbocycles. The van der Waals surface area contributed by atoms with Crippen LogP contribution in [0.2, 0.25) is 0 Å². The largest absolute Gasteiger partial charge is 0.509 e. The Kier molecular flexibility index (Phi) is 6.39. The molecule has 2 amide bonds. The Balaban J connectivity index is 1.76. The van der Waals surface area contributed by atoms with Crippen molar-refractivity contribution in [1.82, 2.24) is 10.0 Å². The van der Waals surface area contributed by atoms with Gasteiger partial charge in [-0.05, 0) is 43.9 Å². The number of rotatable bonds is 6. The monoisotopic (exact) mass is 495 g/mol. The molecule has 2 aliphatic heterocycles. The number of aliphatic hydroxyl groups is 1. The van der Waals surface area contributed by atoms with Crippen molar-refractivity contribution in [1.29, 1.82) is 0 Å². The number of hydrogen-bond donors (Lipinski definition) is 2. The molecule has 7 nitrogen and oxygen atoms in total. The number of hydrazine groups is 1. The molecule has 11 heteroatoms. The van der Waals surface area contributed by atoms with Crippen molar-refractivity contribution in [2.45, 2.75) is 57.8 Å². The first kappa shape index (κ1) is 24.8. The molecule has 0 saturated carbocycles. The SMILES string of the molecule is CCC[C@]12CCCN1N(Cc1cccc(F)c1)C(=O)C(C(=O)Nc1cc(C)oc1C(F)(F)F)=C2O. The number of aryl methyl sites for hydroxylation is 1. The zero-order valence-electron chi connectivity index (χ0n) is 19.2. The number of nitrogens with one attached hydrogen (secondary N) is 1. The molecule has 0 radical (unpaired) electrons. The molecule has 2 N–H and O–H groups in total. The van der Waals surface area contributed by atoms with E-state index in [1.807, 2.05) is 6.92 Å². The number of benzene rings is 1. The predicted octanol–water partition coefficient (Wildman–Crippen LogP) is 5.09. The Morgan fingerprint density at radius 2 is 2.03 bits per heavy atom. The van der Waals surface area contributed by atoms with Crippen LogP contribution in [0.15, 0.2) is 46.1 Å². The molecule has 1 fully saturated rings. The van der Waals surface area contributed by atoms with Crippen LogP contribution < -0.4 is 5.32 Å². The fourth-order valence-electron chi connectivity index (χ4n) is 4.99. The Bertz CT molecular complexity index is 1190. The zero-order valence-corrected chi connectivity index (χ0v) is 19.2. The van der Waals surface area contributed by atoms with Gasteiger partial charge in [-0.15, -0.1) is 0 Å². The van der Waals surface area contributed by atoms with E-state index in [9.17, 15) is 32.3 Å². The molecule has 1 saturated heterocycles. The van der Waals surface area contributed by atoms with Crippen molar-refractivity contribution in [2.24, 2.45) is 0 Å². The molecular formula is C24H25F4N3O4. The van der Waals surface area contributed by atoms with Gasteiger partial charge in [0.25, 0.3) is 11.8 Å². The first-order valence-corrected chi connectivity index (χ1v) is 11.2. The second-order valence-corrected chi connectivity index (χ2v) is 8.78. The van der Waals surface area contributed by atoms with Gasteiger partial charge in [-0.1, -0.05) is 25.5 Å². The predicted molar refractivity (Wildman–Crippen MR) is 117 cm³/mol. The van der Waals surface area contributed by atoms with E-state index in [0.29, 0.717) is 37.8 Å². The summed E-state index contributed by atoms with van der Waals surface area (Å²) in [5, 5.41) is 16.3. The number of halogens is 4. The van der Waals surface area contributed by atoms with Gasteiger partial charge in [0, 0.05) is 12.6 Å². The highest BCUT2D eigenvalue weighted by Gasteiger charge is 2.55. The number of furan rings is 1. The smallest absolute Gasteiger partial charge is 0.451 e. The third-order valence-corrected chi connectivity index (χ3v) is 6.34. The van der Waals surface area contributed by atoms with Crippen LogP contribution in [0.1, 0.15) is 49.7 Å². The number of nitrogens with zero attached hydrogens (tertiary/aromatic N) is 2. The molecule has 2 aliphatic rings. The van der Waals surface area contributed by atoms with Gasteiger partial charge < -0.3 is 14.8 Å². The van der Waals surface area contributed by atoms with Crippen LogP contribution in [0, 0.1) is 12.7 Å². The maximum atomic E-state index is 13.8. The molecule has 35 heavy (non-hydrogen) atoms. The summed E-state index contributed by atoms with van der Waals surface area (Å²) in [5.41, 5.74) is -1.90. The lowest BCUT2D eigenvalue weighted by Crippen LogP contribution is -2.61. The molecule has 1 aromatic carbocycles. The molecule has 3 heterocycles. The van der Waals surface area contributed by atoms with Gasteiger partial charge in [0.05, 0.1) is 17.8 Å². The summed E-state index contributed by atoms with van der Waals surface area (Å²) in [7, 11) is 0. The van der Waals surface area contributed by atoms with Crippen molar-refractivity contribution in [3.05, 3.63) is 64.6 Å². The van der Waals surface area contributed by atoms with E-state index in [1.54, 1.807) is 11.1 Å². The van der Waals surface area contributed by atoms with E-state index in [0.717, 1.165) is 6.07 Å². The van der Waals surface area contributed by atoms with Crippen molar-refractivity contribution in [3.63, 3.8) is 0 Å². The minimum Gasteiger partial charge on any atom is -0.509 e. The highest BCUT2D eigenvalue weighted by Crippen LogP contribution is 2.45. The summed E-state index contributed by atoms with van der Waals surface area (Å²) in [6.07, 6.45) is -2.81. The topological polar surface area (TPSA) is 86.0 Å². The number of hydrogen-bond acceptors (Lipinski definition) is 5. The summed E-state index contributed by atoms with van der Waals surface area (Å²) in [6, 6.07) is 6.62. The highest BCUT2D eigenvalue weighted by molar-refractivity contribution is 6.23. The van der Waals surface area contributed by atoms with Gasteiger partial charge >= 0.3 is 6.18 Å². The number of carbonyl (C=O) groups is 2. The average Bonchev–Trinajstić information content (AvgIpc) is 3.36. The Morgan fingerprint density at radius 3 is 2.69 bits per heavy atom. The summed E-state index contributed by atoms with van der Waals surface area (Å²) in [6.45, 7) is 3.51. The van der Waals surface area contributed by atoms with Crippen LogP contribution in [0.4, 0.5) is 23.2 Å². The summed E-state index contributed by atoms with van der Waals surface area (Å²) in [4.78, 5) is 26.7. The van der Waals surface area contributed by atoms with Crippen LogP contribution in [-0.4, -0.2) is 39.0 Å². The van der Waals surface area contributed by atoms with E-state index >= 15 is 0 Å². The van der Waals surface area contributed by atoms with Crippen molar-refractivity contribution < 1.29 is 36.7 Å². The average molecular weight is 495 g/mol. The maximum Gasteiger partial charge on any atom is 0.451 e. The zero-order chi connectivity index (χ0) is 25.5. The van der Waals surface area contributed by atoms with E-state index in [4.69, 9.17) is 4.42 Å². The number of anilines is 1. The van der Waals surface area contributed by atoms with E-state index in [-0.39, 0.29) is 12.3 Å². The fourth-order valence-corrected chi connectivity index (χ4v) is 4.99. The van der Waals surface area contributed by atoms with Gasteiger partial charge in [-0.25, -0.2) is 9.40 Å². The first-order valence-electron chi connectivity index (χ1n) is 11.2. The van der Waals surface area contributed by atoms with E-state index in [1.165, 1.54) is 30.1 Å². The molecule has 1 aromatic heterocycles. The number of carbonyl (C=O) groups excluding carboxylic acids is 2. The lowest BCUT2D eigenvalue weighted by molar-refractivity contribution is -0.163. The van der Waals surface area contributed by atoms with E-state index < -0.39 is 52.1 Å². The number of aliphatic hydroxyl groups excluding tert-OH is 1. The maximum absolute atomic E-state index is 13.8. The van der Waals surface area contributed by atoms with Gasteiger partial charge in [-0.2, -0.15) is 13.2 Å². The lowest BCUT2D eigenvalue weighted by atomic mass is 9.84. The van der Waals surface area contributed by atoms with Crippen LogP contribution in [0.25, 0.3) is 0 Å². The highest BCUT2D eigenvalue weighted by atomic mass is 19.4. The number of amides is 2. The lowest BCUT2D eigenvalue weighted by Gasteiger charge is -2.48. The molecule has 1 atom stereocenters. The van der Waals surface area contributed by atoms with Gasteiger partial charge in [0.15, 0.2) is 0 Å². The van der Waals surface area contributed by atoms with Crippen LogP contribution >= 0.6 is 0 Å². The Labute approximate surface area is 199 Å². The fraction of sp³-hybridized carbons (Fsp3) is 0.417. The summed E-state index contributed by atoms with van der Waals surface area (Å²) >= 11 is 0. The molecule has 4 rings (SSSR count). The molecule has 188 valence electrons. The van der Waals surface area contributed by atoms with Crippen LogP contribution in [-0.2, 0) is 22.3 Å². The molecule has 2 aromatic rings. The van der Waals surface area contributed by atoms with Crippen molar-refractivity contribution in [2.75, 3.05) is 11.9 Å². The second kappa shape index (κ2) is 9.03. The molecular weight excluding hydrogens is 470 g/mol. The number of alkyl halides is 3. The minimum absolute atomic E-state index is 0.0786. The van der Waals surface area contributed by atoms with Gasteiger partial charge in [0.2, 0.25) is 5.76 Å². The van der Waals surface area contributed by atoms with Crippen molar-refractivity contribution in [3.8, 4) is 0 Å². The Morgan fingerprint density at radius 1 is 1.29 bits per heavy atom. The Hall–Kier alpha value is -3.34. The van der Waals surface area contributed by atoms with E-state index in [2.05, 4.69) is 5.32 Å². The first-order chi connectivity index (χ1) is 16.5. The molecule has 0 bridgehead atoms.